The Balaban J connectivity index is 1.33. The molecule has 2 N–H and O–H groups in total. The van der Waals surface area contributed by atoms with Crippen molar-refractivity contribution >= 4 is 23.4 Å². The highest BCUT2D eigenvalue weighted by atomic mass is 19.1. The highest BCUT2D eigenvalue weighted by Gasteiger charge is 2.52. The van der Waals surface area contributed by atoms with Gasteiger partial charge >= 0.3 is 0 Å². The molecule has 0 fully saturated rings. The van der Waals surface area contributed by atoms with Crippen LogP contribution in [-0.2, 0) is 34.5 Å². The summed E-state index contributed by atoms with van der Waals surface area (Å²) in [7, 11) is 0. The lowest BCUT2D eigenvalue weighted by atomic mass is 9.77. The Labute approximate surface area is 232 Å². The number of nitrogens with zero attached hydrogens (tertiary/aromatic N) is 4. The van der Waals surface area contributed by atoms with E-state index in [0.717, 1.165) is 28.5 Å². The van der Waals surface area contributed by atoms with Gasteiger partial charge in [-0.25, -0.2) is 8.78 Å². The number of rotatable bonds is 8. The molecule has 208 valence electrons. The van der Waals surface area contributed by atoms with Crippen molar-refractivity contribution < 1.29 is 18.4 Å². The lowest BCUT2D eigenvalue weighted by Crippen LogP contribution is -2.44. The van der Waals surface area contributed by atoms with Crippen LogP contribution < -0.4 is 5.73 Å². The van der Waals surface area contributed by atoms with E-state index in [2.05, 4.69) is 27.6 Å². The number of allylic oxidation sites excluding steroid dienone is 2. The molecule has 3 heterocycles. The van der Waals surface area contributed by atoms with Gasteiger partial charge in [-0.3, -0.25) is 19.6 Å². The number of hydrogen-bond donors (Lipinski definition) is 1. The average molecular weight is 546 g/mol. The van der Waals surface area contributed by atoms with Gasteiger partial charge in [0.2, 0.25) is 0 Å². The van der Waals surface area contributed by atoms with E-state index in [1.165, 1.54) is 12.1 Å². The predicted molar refractivity (Wildman–Crippen MR) is 150 cm³/mol. The first-order valence-electron chi connectivity index (χ1n) is 13.5. The van der Waals surface area contributed by atoms with Gasteiger partial charge in [-0.15, -0.1) is 6.58 Å². The van der Waals surface area contributed by atoms with E-state index in [0.29, 0.717) is 49.9 Å². The average Bonchev–Trinajstić information content (AvgIpc) is 3.47. The van der Waals surface area contributed by atoms with Crippen molar-refractivity contribution in [1.29, 1.82) is 0 Å². The van der Waals surface area contributed by atoms with E-state index in [9.17, 15) is 18.4 Å². The van der Waals surface area contributed by atoms with Crippen LogP contribution in [0.4, 0.5) is 8.78 Å². The number of benzene rings is 1. The summed E-state index contributed by atoms with van der Waals surface area (Å²) < 4.78 is 28.2. The Morgan fingerprint density at radius 2 is 1.88 bits per heavy atom. The van der Waals surface area contributed by atoms with E-state index in [1.807, 2.05) is 19.9 Å². The molecule has 1 spiro atoms. The minimum absolute atomic E-state index is 0.134. The van der Waals surface area contributed by atoms with Crippen molar-refractivity contribution in [2.24, 2.45) is 27.1 Å². The molecule has 0 saturated carbocycles. The Morgan fingerprint density at radius 3 is 2.55 bits per heavy atom. The zero-order valence-corrected chi connectivity index (χ0v) is 23.0. The SMILES string of the molecule is C=CC/C=C1\C(N)=NC(=O)C12Cc1cc(CCCN3C(=O)C(C(C)C)=NC3(C)c3cc(F)cc(F)c3)cnc1C2. The number of fused-ring (bicyclic) bond motifs is 1. The van der Waals surface area contributed by atoms with Crippen LogP contribution >= 0.6 is 0 Å². The van der Waals surface area contributed by atoms with Gasteiger partial charge in [0.1, 0.15) is 23.2 Å². The number of amides is 2. The first-order valence-corrected chi connectivity index (χ1v) is 13.5. The molecule has 2 unspecified atom stereocenters. The fourth-order valence-corrected chi connectivity index (χ4v) is 6.05. The van der Waals surface area contributed by atoms with Crippen molar-refractivity contribution in [2.75, 3.05) is 6.54 Å². The maximum atomic E-state index is 14.1. The van der Waals surface area contributed by atoms with E-state index >= 15 is 0 Å². The first kappa shape index (κ1) is 27.6. The van der Waals surface area contributed by atoms with Crippen LogP contribution in [0.1, 0.15) is 56.0 Å². The molecular weight excluding hydrogens is 512 g/mol. The van der Waals surface area contributed by atoms with Gasteiger partial charge in [0.05, 0.1) is 5.41 Å². The van der Waals surface area contributed by atoms with E-state index < -0.39 is 22.7 Å². The van der Waals surface area contributed by atoms with Gasteiger partial charge in [0.15, 0.2) is 5.66 Å². The summed E-state index contributed by atoms with van der Waals surface area (Å²) in [6.07, 6.45) is 8.21. The summed E-state index contributed by atoms with van der Waals surface area (Å²) in [5.41, 5.74) is 8.33. The summed E-state index contributed by atoms with van der Waals surface area (Å²) in [6, 6.07) is 5.33. The van der Waals surface area contributed by atoms with Crippen molar-refractivity contribution in [3.05, 3.63) is 88.8 Å². The van der Waals surface area contributed by atoms with Crippen LogP contribution in [-0.4, -0.2) is 39.8 Å². The molecule has 0 radical (unpaired) electrons. The Morgan fingerprint density at radius 1 is 1.15 bits per heavy atom. The van der Waals surface area contributed by atoms with Crippen molar-refractivity contribution in [2.45, 2.75) is 58.5 Å². The molecule has 1 aromatic heterocycles. The number of aliphatic imine (C=N–C) groups is 2. The van der Waals surface area contributed by atoms with Crippen LogP contribution in [0.25, 0.3) is 0 Å². The number of halogens is 2. The number of nitrogens with two attached hydrogens (primary N) is 1. The molecule has 40 heavy (non-hydrogen) atoms. The van der Waals surface area contributed by atoms with Crippen molar-refractivity contribution in [3.63, 3.8) is 0 Å². The number of carbonyl (C=O) groups excluding carboxylic acids is 2. The smallest absolute Gasteiger partial charge is 0.270 e. The van der Waals surface area contributed by atoms with Crippen LogP contribution in [0, 0.1) is 23.0 Å². The lowest BCUT2D eigenvalue weighted by Gasteiger charge is -2.33. The van der Waals surface area contributed by atoms with Crippen LogP contribution in [0.15, 0.2) is 64.8 Å². The molecule has 5 rings (SSSR count). The molecule has 1 aromatic carbocycles. The number of carbonyl (C=O) groups is 2. The molecule has 3 aliphatic rings. The molecule has 2 aliphatic heterocycles. The van der Waals surface area contributed by atoms with Gasteiger partial charge in [-0.1, -0.05) is 32.1 Å². The van der Waals surface area contributed by atoms with Gasteiger partial charge in [0, 0.05) is 48.0 Å². The summed E-state index contributed by atoms with van der Waals surface area (Å²) in [5.74, 6) is -1.76. The molecule has 2 aromatic rings. The predicted octanol–water partition coefficient (Wildman–Crippen LogP) is 4.59. The fraction of sp³-hybridized carbons (Fsp3) is 0.387. The Kier molecular flexibility index (Phi) is 7.02. The van der Waals surface area contributed by atoms with Crippen molar-refractivity contribution in [3.8, 4) is 0 Å². The molecule has 0 bridgehead atoms. The van der Waals surface area contributed by atoms with Crippen molar-refractivity contribution in [1.82, 2.24) is 9.88 Å². The second kappa shape index (κ2) is 10.2. The molecule has 9 heteroatoms. The first-order chi connectivity index (χ1) is 19.0. The van der Waals surface area contributed by atoms with E-state index in [4.69, 9.17) is 5.73 Å². The van der Waals surface area contributed by atoms with Crippen LogP contribution in [0.2, 0.25) is 0 Å². The minimum atomic E-state index is -1.21. The lowest BCUT2D eigenvalue weighted by molar-refractivity contribution is -0.128. The normalized spacial score (nSPS) is 24.9. The molecule has 2 amide bonds. The summed E-state index contributed by atoms with van der Waals surface area (Å²) in [5, 5.41) is 0. The third kappa shape index (κ3) is 4.57. The number of hydrogen-bond acceptors (Lipinski definition) is 5. The monoisotopic (exact) mass is 545 g/mol. The molecule has 1 aliphatic carbocycles. The second-order valence-electron chi connectivity index (χ2n) is 11.2. The quantitative estimate of drug-likeness (QED) is 0.491. The fourth-order valence-electron chi connectivity index (χ4n) is 6.05. The number of aromatic nitrogens is 1. The van der Waals surface area contributed by atoms with Gasteiger partial charge in [-0.2, -0.15) is 4.99 Å². The highest BCUT2D eigenvalue weighted by Crippen LogP contribution is 2.46. The van der Waals surface area contributed by atoms with Crippen LogP contribution in [0.3, 0.4) is 0 Å². The molecule has 7 nitrogen and oxygen atoms in total. The molecule has 0 saturated heterocycles. The maximum Gasteiger partial charge on any atom is 0.270 e. The van der Waals surface area contributed by atoms with Gasteiger partial charge in [0.25, 0.3) is 11.8 Å². The maximum absolute atomic E-state index is 14.1. The summed E-state index contributed by atoms with van der Waals surface area (Å²) in [4.78, 5) is 41.3. The van der Waals surface area contributed by atoms with E-state index in [1.54, 1.807) is 24.1 Å². The summed E-state index contributed by atoms with van der Waals surface area (Å²) in [6.45, 7) is 9.56. The Hall–Kier alpha value is -4.01. The van der Waals surface area contributed by atoms with Gasteiger partial charge in [-0.05, 0) is 55.9 Å². The standard InChI is InChI=1S/C31H33F2N5O2/c1-5-6-9-24-27(34)36-29(40)31(24)15-20-11-19(17-35-25(20)16-31)8-7-10-38-28(39)26(18(2)3)37-30(38,4)21-12-22(32)14-23(33)13-21/h5,9,11-14,17-18H,1,6-8,10,15-16H2,2-4H3,(H2,34,36,40)/b24-9+. The zero-order chi connectivity index (χ0) is 28.8. The zero-order valence-electron chi connectivity index (χ0n) is 23.0. The largest absolute Gasteiger partial charge is 0.383 e. The number of aryl methyl sites for hydroxylation is 1. The third-order valence-electron chi connectivity index (χ3n) is 8.12. The highest BCUT2D eigenvalue weighted by molar-refractivity contribution is 6.41. The Bertz CT molecular complexity index is 1490. The minimum Gasteiger partial charge on any atom is -0.383 e. The number of pyridine rings is 1. The summed E-state index contributed by atoms with van der Waals surface area (Å²) >= 11 is 0. The molecular formula is C31H33F2N5O2. The third-order valence-corrected chi connectivity index (χ3v) is 8.12. The topological polar surface area (TPSA) is 101 Å². The number of amidine groups is 1. The second-order valence-corrected chi connectivity index (χ2v) is 11.2. The van der Waals surface area contributed by atoms with Crippen LogP contribution in [0.5, 0.6) is 0 Å². The van der Waals surface area contributed by atoms with E-state index in [-0.39, 0.29) is 23.6 Å². The molecule has 2 atom stereocenters. The van der Waals surface area contributed by atoms with Gasteiger partial charge < -0.3 is 10.6 Å².